The highest BCUT2D eigenvalue weighted by molar-refractivity contribution is 5.84. The number of para-hydroxylation sites is 1. The van der Waals surface area contributed by atoms with Crippen molar-refractivity contribution in [2.45, 2.75) is 6.61 Å². The van der Waals surface area contributed by atoms with Gasteiger partial charge in [0.05, 0.1) is 24.7 Å². The first-order chi connectivity index (χ1) is 9.36. The van der Waals surface area contributed by atoms with Crippen LogP contribution in [0.1, 0.15) is 5.69 Å². The molecule has 0 aliphatic heterocycles. The van der Waals surface area contributed by atoms with Gasteiger partial charge in [-0.05, 0) is 12.1 Å². The first-order valence-electron chi connectivity index (χ1n) is 5.80. The van der Waals surface area contributed by atoms with Crippen LogP contribution in [0.4, 0.5) is 0 Å². The van der Waals surface area contributed by atoms with Crippen LogP contribution in [0.5, 0.6) is 11.6 Å². The first kappa shape index (κ1) is 11.6. The smallest absolute Gasteiger partial charge is 0.238 e. The second kappa shape index (κ2) is 4.99. The SMILES string of the molecule is OCc1cncc(Oc2cccc3cccnc23)n1. The zero-order chi connectivity index (χ0) is 13.1. The molecule has 1 aromatic carbocycles. The average molecular weight is 253 g/mol. The van der Waals surface area contributed by atoms with Gasteiger partial charge in [-0.25, -0.2) is 4.98 Å². The maximum absolute atomic E-state index is 9.03. The molecule has 19 heavy (non-hydrogen) atoms. The maximum Gasteiger partial charge on any atom is 0.238 e. The minimum Gasteiger partial charge on any atom is -0.435 e. The van der Waals surface area contributed by atoms with Gasteiger partial charge in [0.25, 0.3) is 0 Å². The van der Waals surface area contributed by atoms with Crippen LogP contribution < -0.4 is 4.74 Å². The van der Waals surface area contributed by atoms with Gasteiger partial charge in [-0.15, -0.1) is 0 Å². The number of rotatable bonds is 3. The Balaban J connectivity index is 2.01. The molecule has 5 heteroatoms. The zero-order valence-corrected chi connectivity index (χ0v) is 10.0. The fraction of sp³-hybridized carbons (Fsp3) is 0.0714. The molecule has 0 bridgehead atoms. The number of fused-ring (bicyclic) bond motifs is 1. The third-order valence-corrected chi connectivity index (χ3v) is 2.63. The second-order valence-corrected chi connectivity index (χ2v) is 3.94. The highest BCUT2D eigenvalue weighted by Gasteiger charge is 2.06. The summed E-state index contributed by atoms with van der Waals surface area (Å²) >= 11 is 0. The minimum absolute atomic E-state index is 0.169. The fourth-order valence-electron chi connectivity index (χ4n) is 1.78. The van der Waals surface area contributed by atoms with Crippen molar-refractivity contribution in [3.8, 4) is 11.6 Å². The molecule has 0 saturated heterocycles. The molecule has 0 spiro atoms. The van der Waals surface area contributed by atoms with Crippen LogP contribution in [0.3, 0.4) is 0 Å². The van der Waals surface area contributed by atoms with E-state index in [0.717, 1.165) is 10.9 Å². The summed E-state index contributed by atoms with van der Waals surface area (Å²) in [4.78, 5) is 12.4. The van der Waals surface area contributed by atoms with Gasteiger partial charge in [0.2, 0.25) is 5.88 Å². The Morgan fingerprint density at radius 3 is 2.89 bits per heavy atom. The standard InChI is InChI=1S/C14H11N3O2/c18-9-11-7-15-8-13(17-11)19-12-5-1-3-10-4-2-6-16-14(10)12/h1-8,18H,9H2. The molecule has 0 atom stereocenters. The minimum atomic E-state index is -0.169. The Bertz CT molecular complexity index is 710. The van der Waals surface area contributed by atoms with Crippen molar-refractivity contribution < 1.29 is 9.84 Å². The Morgan fingerprint density at radius 2 is 2.00 bits per heavy atom. The van der Waals surface area contributed by atoms with Gasteiger partial charge < -0.3 is 9.84 Å². The van der Waals surface area contributed by atoms with E-state index in [4.69, 9.17) is 9.84 Å². The van der Waals surface area contributed by atoms with Crippen LogP contribution in [-0.2, 0) is 6.61 Å². The predicted octanol–water partition coefficient (Wildman–Crippen LogP) is 2.31. The van der Waals surface area contributed by atoms with Crippen LogP contribution in [0.2, 0.25) is 0 Å². The molecule has 0 radical (unpaired) electrons. The molecule has 0 unspecified atom stereocenters. The highest BCUT2D eigenvalue weighted by atomic mass is 16.5. The van der Waals surface area contributed by atoms with E-state index in [1.54, 1.807) is 6.20 Å². The van der Waals surface area contributed by atoms with E-state index in [9.17, 15) is 0 Å². The number of ether oxygens (including phenoxy) is 1. The molecule has 2 aromatic heterocycles. The van der Waals surface area contributed by atoms with E-state index in [0.29, 0.717) is 17.3 Å². The molecular weight excluding hydrogens is 242 g/mol. The topological polar surface area (TPSA) is 68.1 Å². The number of aromatic nitrogens is 3. The summed E-state index contributed by atoms with van der Waals surface area (Å²) in [6, 6.07) is 9.51. The molecule has 3 aromatic rings. The van der Waals surface area contributed by atoms with Crippen LogP contribution in [0, 0.1) is 0 Å². The largest absolute Gasteiger partial charge is 0.435 e. The average Bonchev–Trinajstić information content (AvgIpc) is 2.48. The van der Waals surface area contributed by atoms with Crippen LogP contribution in [-0.4, -0.2) is 20.1 Å². The summed E-state index contributed by atoms with van der Waals surface area (Å²) in [5.41, 5.74) is 1.23. The molecule has 0 aliphatic carbocycles. The predicted molar refractivity (Wildman–Crippen MR) is 69.8 cm³/mol. The number of aliphatic hydroxyl groups excluding tert-OH is 1. The first-order valence-corrected chi connectivity index (χ1v) is 5.80. The summed E-state index contributed by atoms with van der Waals surface area (Å²) in [5.74, 6) is 0.951. The Kier molecular flexibility index (Phi) is 3.04. The van der Waals surface area contributed by atoms with Crippen molar-refractivity contribution >= 4 is 10.9 Å². The maximum atomic E-state index is 9.03. The molecule has 0 aliphatic rings. The Hall–Kier alpha value is -2.53. The summed E-state index contributed by atoms with van der Waals surface area (Å²) in [6.07, 6.45) is 4.71. The summed E-state index contributed by atoms with van der Waals surface area (Å²) in [7, 11) is 0. The molecule has 94 valence electrons. The number of nitrogens with zero attached hydrogens (tertiary/aromatic N) is 3. The molecule has 3 rings (SSSR count). The highest BCUT2D eigenvalue weighted by Crippen LogP contribution is 2.26. The molecule has 1 N–H and O–H groups in total. The van der Waals surface area contributed by atoms with Gasteiger partial charge in [0.1, 0.15) is 5.52 Å². The van der Waals surface area contributed by atoms with Gasteiger partial charge >= 0.3 is 0 Å². The Morgan fingerprint density at radius 1 is 1.11 bits per heavy atom. The lowest BCUT2D eigenvalue weighted by Crippen LogP contribution is -1.95. The summed E-state index contributed by atoms with van der Waals surface area (Å²) in [6.45, 7) is -0.169. The lowest BCUT2D eigenvalue weighted by molar-refractivity contribution is 0.274. The number of aliphatic hydroxyl groups is 1. The zero-order valence-electron chi connectivity index (χ0n) is 10.0. The van der Waals surface area contributed by atoms with Crippen molar-refractivity contribution in [2.75, 3.05) is 0 Å². The summed E-state index contributed by atoms with van der Waals surface area (Å²) < 4.78 is 5.69. The molecule has 0 amide bonds. The molecular formula is C14H11N3O2. The number of benzene rings is 1. The monoisotopic (exact) mass is 253 g/mol. The quantitative estimate of drug-likeness (QED) is 0.775. The van der Waals surface area contributed by atoms with E-state index in [1.807, 2.05) is 30.3 Å². The van der Waals surface area contributed by atoms with Crippen LogP contribution in [0.25, 0.3) is 10.9 Å². The van der Waals surface area contributed by atoms with Crippen molar-refractivity contribution in [1.29, 1.82) is 0 Å². The van der Waals surface area contributed by atoms with Crippen molar-refractivity contribution in [2.24, 2.45) is 0 Å². The molecule has 0 saturated carbocycles. The lowest BCUT2D eigenvalue weighted by atomic mass is 10.2. The van der Waals surface area contributed by atoms with Gasteiger partial charge in [0, 0.05) is 11.6 Å². The van der Waals surface area contributed by atoms with Crippen LogP contribution >= 0.6 is 0 Å². The van der Waals surface area contributed by atoms with E-state index >= 15 is 0 Å². The van der Waals surface area contributed by atoms with Gasteiger partial charge in [0.15, 0.2) is 5.75 Å². The number of hydrogen-bond donors (Lipinski definition) is 1. The van der Waals surface area contributed by atoms with E-state index < -0.39 is 0 Å². The third-order valence-electron chi connectivity index (χ3n) is 2.63. The molecule has 2 heterocycles. The van der Waals surface area contributed by atoms with Crippen molar-refractivity contribution in [3.63, 3.8) is 0 Å². The van der Waals surface area contributed by atoms with E-state index in [-0.39, 0.29) is 6.61 Å². The number of hydrogen-bond acceptors (Lipinski definition) is 5. The van der Waals surface area contributed by atoms with Gasteiger partial charge in [-0.2, -0.15) is 0 Å². The molecule has 5 nitrogen and oxygen atoms in total. The van der Waals surface area contributed by atoms with Crippen molar-refractivity contribution in [1.82, 2.24) is 15.0 Å². The lowest BCUT2D eigenvalue weighted by Gasteiger charge is -2.07. The van der Waals surface area contributed by atoms with Crippen LogP contribution in [0.15, 0.2) is 48.9 Å². The third kappa shape index (κ3) is 2.36. The van der Waals surface area contributed by atoms with Crippen molar-refractivity contribution in [3.05, 3.63) is 54.6 Å². The number of pyridine rings is 1. The van der Waals surface area contributed by atoms with E-state index in [2.05, 4.69) is 15.0 Å². The normalized spacial score (nSPS) is 10.6. The second-order valence-electron chi connectivity index (χ2n) is 3.94. The fourth-order valence-corrected chi connectivity index (χ4v) is 1.78. The van der Waals surface area contributed by atoms with Gasteiger partial charge in [-0.1, -0.05) is 18.2 Å². The summed E-state index contributed by atoms with van der Waals surface area (Å²) in [5, 5.41) is 10.0. The van der Waals surface area contributed by atoms with Gasteiger partial charge in [-0.3, -0.25) is 9.97 Å². The van der Waals surface area contributed by atoms with E-state index in [1.165, 1.54) is 12.4 Å². The molecule has 0 fully saturated rings. The Labute approximate surface area is 109 Å².